The molecule has 0 N–H and O–H groups in total. The van der Waals surface area contributed by atoms with Crippen molar-refractivity contribution in [2.45, 2.75) is 19.4 Å². The summed E-state index contributed by atoms with van der Waals surface area (Å²) in [6.45, 7) is 3.04. The van der Waals surface area contributed by atoms with Gasteiger partial charge in [0.05, 0.1) is 17.6 Å². The Morgan fingerprint density at radius 2 is 1.81 bits per heavy atom. The lowest BCUT2D eigenvalue weighted by atomic mass is 10.4. The van der Waals surface area contributed by atoms with Crippen molar-refractivity contribution in [1.29, 1.82) is 0 Å². The minimum Gasteiger partial charge on any atom is -0.354 e. The highest BCUT2D eigenvalue weighted by molar-refractivity contribution is 7.87. The second kappa shape index (κ2) is 3.89. The molecule has 0 aliphatic carbocycles. The van der Waals surface area contributed by atoms with Gasteiger partial charge >= 0.3 is 15.6 Å². The van der Waals surface area contributed by atoms with Crippen molar-refractivity contribution in [1.82, 2.24) is 9.97 Å². The van der Waals surface area contributed by atoms with Gasteiger partial charge in [-0.3, -0.25) is 4.98 Å². The van der Waals surface area contributed by atoms with Crippen LogP contribution in [0.1, 0.15) is 11.4 Å². The largest absolute Gasteiger partial charge is 0.534 e. The van der Waals surface area contributed by atoms with Crippen LogP contribution in [0.15, 0.2) is 6.20 Å². The lowest BCUT2D eigenvalue weighted by Crippen LogP contribution is -2.28. The van der Waals surface area contributed by atoms with Crippen LogP contribution in [0.3, 0.4) is 0 Å². The maximum Gasteiger partial charge on any atom is 0.534 e. The maximum atomic E-state index is 11.9. The minimum atomic E-state index is -5.68. The van der Waals surface area contributed by atoms with Crippen molar-refractivity contribution >= 4 is 10.1 Å². The molecule has 1 aromatic heterocycles. The van der Waals surface area contributed by atoms with Gasteiger partial charge in [-0.1, -0.05) is 0 Å². The predicted octanol–water partition coefficient (Wildman–Crippen LogP) is 1.32. The zero-order chi connectivity index (χ0) is 12.6. The van der Waals surface area contributed by atoms with Crippen molar-refractivity contribution in [3.63, 3.8) is 0 Å². The fraction of sp³-hybridized carbons (Fsp3) is 0.429. The zero-order valence-corrected chi connectivity index (χ0v) is 9.06. The molecule has 0 atom stereocenters. The summed E-state index contributed by atoms with van der Waals surface area (Å²) in [7, 11) is -5.68. The van der Waals surface area contributed by atoms with Gasteiger partial charge < -0.3 is 4.18 Å². The van der Waals surface area contributed by atoms with E-state index in [2.05, 4.69) is 14.2 Å². The topological polar surface area (TPSA) is 69.2 Å². The molecule has 0 saturated heterocycles. The molecular weight excluding hydrogens is 249 g/mol. The Hall–Kier alpha value is -1.38. The van der Waals surface area contributed by atoms with E-state index < -0.39 is 21.5 Å². The summed E-state index contributed by atoms with van der Waals surface area (Å²) >= 11 is 0. The minimum absolute atomic E-state index is 0.287. The van der Waals surface area contributed by atoms with Gasteiger partial charge in [-0.05, 0) is 13.8 Å². The van der Waals surface area contributed by atoms with Crippen molar-refractivity contribution in [3.05, 3.63) is 17.6 Å². The summed E-state index contributed by atoms with van der Waals surface area (Å²) in [5, 5.41) is 0. The first kappa shape index (κ1) is 12.7. The van der Waals surface area contributed by atoms with Crippen LogP contribution >= 0.6 is 0 Å². The third-order valence-corrected chi connectivity index (χ3v) is 2.61. The Labute approximate surface area is 89.4 Å². The normalized spacial score (nSPS) is 12.6. The summed E-state index contributed by atoms with van der Waals surface area (Å²) in [4.78, 5) is 7.13. The Balaban J connectivity index is 3.03. The van der Waals surface area contributed by atoms with E-state index in [9.17, 15) is 21.6 Å². The van der Waals surface area contributed by atoms with E-state index in [1.807, 2.05) is 0 Å². The highest BCUT2D eigenvalue weighted by Crippen LogP contribution is 2.25. The highest BCUT2D eigenvalue weighted by atomic mass is 32.2. The molecule has 0 aliphatic heterocycles. The average molecular weight is 256 g/mol. The van der Waals surface area contributed by atoms with Gasteiger partial charge in [0.1, 0.15) is 0 Å². The van der Waals surface area contributed by atoms with E-state index in [0.29, 0.717) is 5.69 Å². The molecule has 1 rings (SSSR count). The Morgan fingerprint density at radius 1 is 1.25 bits per heavy atom. The molecule has 16 heavy (non-hydrogen) atoms. The van der Waals surface area contributed by atoms with E-state index in [4.69, 9.17) is 0 Å². The third kappa shape index (κ3) is 2.60. The average Bonchev–Trinajstić information content (AvgIpc) is 2.09. The number of halogens is 3. The van der Waals surface area contributed by atoms with Crippen LogP contribution in [0, 0.1) is 13.8 Å². The summed E-state index contributed by atoms with van der Waals surface area (Å²) in [5.41, 5.74) is -4.72. The van der Waals surface area contributed by atoms with Gasteiger partial charge in [0.25, 0.3) is 5.88 Å². The number of nitrogens with zero attached hydrogens (tertiary/aromatic N) is 2. The summed E-state index contributed by atoms with van der Waals surface area (Å²) in [6, 6.07) is 0. The van der Waals surface area contributed by atoms with Crippen LogP contribution in [-0.4, -0.2) is 23.9 Å². The van der Waals surface area contributed by atoms with Gasteiger partial charge in [-0.15, -0.1) is 0 Å². The lowest BCUT2D eigenvalue weighted by Gasteiger charge is -2.08. The van der Waals surface area contributed by atoms with E-state index in [1.54, 1.807) is 6.92 Å². The van der Waals surface area contributed by atoms with E-state index in [0.717, 1.165) is 6.20 Å². The Bertz CT molecular complexity index is 498. The molecule has 0 unspecified atom stereocenters. The van der Waals surface area contributed by atoms with Crippen LogP contribution in [-0.2, 0) is 10.1 Å². The highest BCUT2D eigenvalue weighted by Gasteiger charge is 2.48. The number of hydrogen-bond donors (Lipinski definition) is 0. The number of aryl methyl sites for hydroxylation is 2. The van der Waals surface area contributed by atoms with Crippen LogP contribution < -0.4 is 4.18 Å². The van der Waals surface area contributed by atoms with Gasteiger partial charge in [0.15, 0.2) is 0 Å². The van der Waals surface area contributed by atoms with Crippen molar-refractivity contribution in [2.24, 2.45) is 0 Å². The van der Waals surface area contributed by atoms with Crippen molar-refractivity contribution in [2.75, 3.05) is 0 Å². The summed E-state index contributed by atoms with van der Waals surface area (Å²) in [5.74, 6) is -0.708. The van der Waals surface area contributed by atoms with Gasteiger partial charge in [-0.25, -0.2) is 4.98 Å². The standard InChI is InChI=1S/C7H7F3N2O3S/c1-4-5(2)12-6(3-11-4)15-16(13,14)7(8,9)10/h3H,1-2H3. The third-order valence-electron chi connectivity index (χ3n) is 1.65. The molecule has 0 amide bonds. The Morgan fingerprint density at radius 3 is 2.25 bits per heavy atom. The molecule has 1 aromatic rings. The summed E-state index contributed by atoms with van der Waals surface area (Å²) < 4.78 is 60.8. The van der Waals surface area contributed by atoms with Gasteiger partial charge in [-0.2, -0.15) is 21.6 Å². The molecule has 0 saturated carbocycles. The SMILES string of the molecule is Cc1ncc(OS(=O)(=O)C(F)(F)F)nc1C. The first-order valence-electron chi connectivity index (χ1n) is 3.94. The number of aromatic nitrogens is 2. The molecule has 5 nitrogen and oxygen atoms in total. The fourth-order valence-corrected chi connectivity index (χ4v) is 1.12. The second-order valence-electron chi connectivity index (χ2n) is 2.86. The van der Waals surface area contributed by atoms with Crippen LogP contribution in [0.25, 0.3) is 0 Å². The molecular formula is C7H7F3N2O3S. The fourth-order valence-electron chi connectivity index (χ4n) is 0.720. The summed E-state index contributed by atoms with van der Waals surface area (Å²) in [6.07, 6.45) is 0.811. The smallest absolute Gasteiger partial charge is 0.354 e. The van der Waals surface area contributed by atoms with Gasteiger partial charge in [0, 0.05) is 0 Å². The predicted molar refractivity (Wildman–Crippen MR) is 47.1 cm³/mol. The molecule has 0 aromatic carbocycles. The van der Waals surface area contributed by atoms with Crippen LogP contribution in [0.4, 0.5) is 13.2 Å². The monoisotopic (exact) mass is 256 g/mol. The molecule has 1 heterocycles. The van der Waals surface area contributed by atoms with Crippen LogP contribution in [0.5, 0.6) is 5.88 Å². The van der Waals surface area contributed by atoms with Crippen molar-refractivity contribution in [3.8, 4) is 5.88 Å². The van der Waals surface area contributed by atoms with E-state index in [-0.39, 0.29) is 5.69 Å². The molecule has 0 spiro atoms. The zero-order valence-electron chi connectivity index (χ0n) is 8.24. The molecule has 0 aliphatic rings. The molecule has 0 bridgehead atoms. The lowest BCUT2D eigenvalue weighted by molar-refractivity contribution is -0.0501. The van der Waals surface area contributed by atoms with E-state index in [1.165, 1.54) is 6.92 Å². The molecule has 0 fully saturated rings. The van der Waals surface area contributed by atoms with E-state index >= 15 is 0 Å². The quantitative estimate of drug-likeness (QED) is 0.589. The molecule has 0 radical (unpaired) electrons. The number of hydrogen-bond acceptors (Lipinski definition) is 5. The second-order valence-corrected chi connectivity index (χ2v) is 4.40. The Kier molecular flexibility index (Phi) is 3.08. The number of alkyl halides is 3. The van der Waals surface area contributed by atoms with Crippen LogP contribution in [0.2, 0.25) is 0 Å². The first-order chi connectivity index (χ1) is 7.13. The van der Waals surface area contributed by atoms with Gasteiger partial charge in [0.2, 0.25) is 0 Å². The maximum absolute atomic E-state index is 11.9. The number of rotatable bonds is 2. The molecule has 9 heteroatoms. The van der Waals surface area contributed by atoms with Crippen molar-refractivity contribution < 1.29 is 25.8 Å². The molecule has 90 valence electrons. The first-order valence-corrected chi connectivity index (χ1v) is 5.35.